The predicted molar refractivity (Wildman–Crippen MR) is 162 cm³/mol. The molecule has 0 spiro atoms. The lowest BCUT2D eigenvalue weighted by molar-refractivity contribution is -0.0258. The summed E-state index contributed by atoms with van der Waals surface area (Å²) in [4.78, 5) is 15.6. The second-order valence-electron chi connectivity index (χ2n) is 13.6. The lowest BCUT2D eigenvalue weighted by Gasteiger charge is -2.28. The Labute approximate surface area is 240 Å². The fourth-order valence-electron chi connectivity index (χ4n) is 4.98. The maximum absolute atomic E-state index is 13.7. The van der Waals surface area contributed by atoms with Gasteiger partial charge in [0, 0.05) is 35.1 Å². The number of ketones is 1. The molecule has 1 saturated heterocycles. The zero-order chi connectivity index (χ0) is 27.8. The van der Waals surface area contributed by atoms with Crippen molar-refractivity contribution in [2.24, 2.45) is 11.8 Å². The van der Waals surface area contributed by atoms with Crippen molar-refractivity contribution in [1.82, 2.24) is 4.90 Å². The molecule has 0 aliphatic carbocycles. The highest BCUT2D eigenvalue weighted by molar-refractivity contribution is 8.93. The van der Waals surface area contributed by atoms with E-state index in [1.54, 1.807) is 0 Å². The van der Waals surface area contributed by atoms with Gasteiger partial charge in [-0.2, -0.15) is 0 Å². The number of Topliss-reactive ketones (excluding diaryl/α,β-unsaturated/α-hetero) is 1. The van der Waals surface area contributed by atoms with Gasteiger partial charge in [0.1, 0.15) is 11.6 Å². The van der Waals surface area contributed by atoms with Crippen LogP contribution in [0.25, 0.3) is 0 Å². The van der Waals surface area contributed by atoms with E-state index in [1.807, 2.05) is 97.5 Å². The Bertz CT molecular complexity index is 1090. The van der Waals surface area contributed by atoms with E-state index in [0.717, 1.165) is 17.5 Å². The fourth-order valence-corrected chi connectivity index (χ4v) is 4.98. The number of rotatable bonds is 7. The average Bonchev–Trinajstić information content (AvgIpc) is 3.05. The van der Waals surface area contributed by atoms with Crippen LogP contribution in [0.15, 0.2) is 42.5 Å². The quantitative estimate of drug-likeness (QED) is 0.333. The number of hydrogen-bond donors (Lipinski definition) is 2. The number of hydrogen-bond acceptors (Lipinski definition) is 4. The van der Waals surface area contributed by atoms with Crippen molar-refractivity contribution in [3.05, 3.63) is 64.7 Å². The van der Waals surface area contributed by atoms with Gasteiger partial charge in [0.25, 0.3) is 0 Å². The summed E-state index contributed by atoms with van der Waals surface area (Å²) in [5.74, 6) is 0.873. The van der Waals surface area contributed by atoms with Crippen molar-refractivity contribution in [3.63, 3.8) is 0 Å². The molecule has 0 radical (unpaired) electrons. The van der Waals surface area contributed by atoms with Crippen molar-refractivity contribution in [2.45, 2.75) is 85.2 Å². The molecule has 2 aromatic rings. The molecule has 0 bridgehead atoms. The molecule has 5 nitrogen and oxygen atoms in total. The minimum absolute atomic E-state index is 0. The van der Waals surface area contributed by atoms with Crippen LogP contribution in [0.5, 0.6) is 5.75 Å². The van der Waals surface area contributed by atoms with Crippen LogP contribution in [-0.4, -0.2) is 46.9 Å². The molecule has 0 saturated carbocycles. The Kier molecular flexibility index (Phi) is 10.0. The van der Waals surface area contributed by atoms with Crippen molar-refractivity contribution >= 4 is 28.6 Å². The number of benzene rings is 2. The van der Waals surface area contributed by atoms with Gasteiger partial charge in [0.15, 0.2) is 5.78 Å². The van der Waals surface area contributed by atoms with Crippen LogP contribution in [0.3, 0.4) is 0 Å². The van der Waals surface area contributed by atoms with Crippen LogP contribution >= 0.6 is 17.0 Å². The molecule has 210 valence electrons. The third kappa shape index (κ3) is 7.92. The summed E-state index contributed by atoms with van der Waals surface area (Å²) in [5, 5.41) is 20.1. The summed E-state index contributed by atoms with van der Waals surface area (Å²) in [5.41, 5.74) is 2.45. The molecule has 0 unspecified atom stereocenters. The average molecular weight is 588 g/mol. The number of amidine groups is 1. The van der Waals surface area contributed by atoms with Crippen LogP contribution in [0.4, 0.5) is 0 Å². The minimum atomic E-state index is -0.309. The van der Waals surface area contributed by atoms with Crippen molar-refractivity contribution < 1.29 is 14.6 Å². The zero-order valence-electron chi connectivity index (χ0n) is 24.6. The molecular formula is C32H47BrN2O3. The normalized spacial score (nSPS) is 18.4. The summed E-state index contributed by atoms with van der Waals surface area (Å²) in [6.07, 6.45) is 0.754. The second-order valence-corrected chi connectivity index (χ2v) is 13.6. The monoisotopic (exact) mass is 586 g/mol. The van der Waals surface area contributed by atoms with Crippen molar-refractivity contribution in [1.29, 1.82) is 5.41 Å². The predicted octanol–water partition coefficient (Wildman–Crippen LogP) is 7.33. The number of ether oxygens (including phenoxy) is 1. The highest BCUT2D eigenvalue weighted by atomic mass is 79.9. The standard InChI is InChI=1S/C32H46N2O3.BrH/c1-30(2,3)25-16-22(17-26(28(25)36)31(4,5)6)27(35)19-34-18-23(20-37-32(7,8)9)24(29(34)33)15-21-13-11-10-12-14-21;/h10-14,16-17,23-24,33,36H,15,18-20H2,1-9H3;1H/t23-,24-;/m1./s1. The molecule has 0 aromatic heterocycles. The lowest BCUT2D eigenvalue weighted by Crippen LogP contribution is -2.33. The number of phenols is 1. The van der Waals surface area contributed by atoms with E-state index in [2.05, 4.69) is 12.1 Å². The van der Waals surface area contributed by atoms with Crippen LogP contribution in [-0.2, 0) is 22.0 Å². The first-order valence-electron chi connectivity index (χ1n) is 13.4. The van der Waals surface area contributed by atoms with Gasteiger partial charge in [-0.25, -0.2) is 0 Å². The fraction of sp³-hybridized carbons (Fsp3) is 0.562. The van der Waals surface area contributed by atoms with Gasteiger partial charge < -0.3 is 14.7 Å². The van der Waals surface area contributed by atoms with Crippen molar-refractivity contribution in [2.75, 3.05) is 19.7 Å². The van der Waals surface area contributed by atoms with Crippen LogP contribution in [0.2, 0.25) is 0 Å². The molecule has 6 heteroatoms. The summed E-state index contributed by atoms with van der Waals surface area (Å²) < 4.78 is 6.15. The highest BCUT2D eigenvalue weighted by Gasteiger charge is 2.39. The summed E-state index contributed by atoms with van der Waals surface area (Å²) >= 11 is 0. The first kappa shape index (κ1) is 32.0. The Morgan fingerprint density at radius 1 is 0.974 bits per heavy atom. The summed E-state index contributed by atoms with van der Waals surface area (Å²) in [6, 6.07) is 13.9. The van der Waals surface area contributed by atoms with Gasteiger partial charge in [0.05, 0.1) is 18.8 Å². The van der Waals surface area contributed by atoms with E-state index in [1.165, 1.54) is 5.56 Å². The van der Waals surface area contributed by atoms with Gasteiger partial charge >= 0.3 is 0 Å². The second kappa shape index (κ2) is 11.9. The number of aromatic hydroxyl groups is 1. The van der Waals surface area contributed by atoms with Crippen LogP contribution in [0, 0.1) is 17.2 Å². The van der Waals surface area contributed by atoms with E-state index >= 15 is 0 Å². The van der Waals surface area contributed by atoms with Crippen LogP contribution < -0.4 is 0 Å². The molecule has 2 atom stereocenters. The SMILES string of the molecule is Br.CC(C)(C)OC[C@H]1CN(CC(=O)c2cc(C(C)(C)C)c(O)c(C(C)(C)C)c2)C(=N)[C@@H]1Cc1ccccc1. The topological polar surface area (TPSA) is 73.6 Å². The molecule has 3 rings (SSSR count). The van der Waals surface area contributed by atoms with Gasteiger partial charge in [-0.3, -0.25) is 10.2 Å². The minimum Gasteiger partial charge on any atom is -0.507 e. The van der Waals surface area contributed by atoms with Gasteiger partial charge in [-0.1, -0.05) is 71.9 Å². The molecule has 1 fully saturated rings. The Morgan fingerprint density at radius 3 is 1.97 bits per heavy atom. The smallest absolute Gasteiger partial charge is 0.182 e. The van der Waals surface area contributed by atoms with E-state index in [-0.39, 0.29) is 63.3 Å². The summed E-state index contributed by atoms with van der Waals surface area (Å²) in [7, 11) is 0. The largest absolute Gasteiger partial charge is 0.507 e. The zero-order valence-corrected chi connectivity index (χ0v) is 26.4. The van der Waals surface area contributed by atoms with Crippen LogP contribution in [0.1, 0.15) is 89.4 Å². The molecular weight excluding hydrogens is 540 g/mol. The van der Waals surface area contributed by atoms with E-state index < -0.39 is 0 Å². The molecule has 1 aliphatic rings. The first-order chi connectivity index (χ1) is 17.0. The lowest BCUT2D eigenvalue weighted by atomic mass is 9.78. The Balaban J connectivity index is 0.00000507. The third-order valence-electron chi connectivity index (χ3n) is 7.13. The maximum Gasteiger partial charge on any atom is 0.182 e. The van der Waals surface area contributed by atoms with E-state index in [4.69, 9.17) is 10.1 Å². The van der Waals surface area contributed by atoms with Gasteiger partial charge in [0.2, 0.25) is 0 Å². The molecule has 2 N–H and O–H groups in total. The first-order valence-corrected chi connectivity index (χ1v) is 13.4. The third-order valence-corrected chi connectivity index (χ3v) is 7.13. The number of carbonyl (C=O) groups excluding carboxylic acids is 1. The maximum atomic E-state index is 13.7. The number of halogens is 1. The van der Waals surface area contributed by atoms with Crippen molar-refractivity contribution in [3.8, 4) is 5.75 Å². The van der Waals surface area contributed by atoms with Gasteiger partial charge in [-0.05, 0) is 55.7 Å². The van der Waals surface area contributed by atoms with E-state index in [9.17, 15) is 9.90 Å². The summed E-state index contributed by atoms with van der Waals surface area (Å²) in [6.45, 7) is 19.7. The molecule has 0 amide bonds. The number of nitrogens with one attached hydrogen (secondary N) is 1. The van der Waals surface area contributed by atoms with E-state index in [0.29, 0.717) is 24.6 Å². The number of carbonyl (C=O) groups is 1. The Hall–Kier alpha value is -2.18. The molecule has 38 heavy (non-hydrogen) atoms. The number of phenolic OH excluding ortho intramolecular Hbond substituents is 1. The Morgan fingerprint density at radius 2 is 1.50 bits per heavy atom. The van der Waals surface area contributed by atoms with Gasteiger partial charge in [-0.15, -0.1) is 17.0 Å². The highest BCUT2D eigenvalue weighted by Crippen LogP contribution is 2.40. The number of nitrogens with zero attached hydrogens (tertiary/aromatic N) is 1. The molecule has 1 heterocycles. The number of likely N-dealkylation sites (tertiary alicyclic amines) is 1. The molecule has 2 aromatic carbocycles. The molecule has 1 aliphatic heterocycles.